The Labute approximate surface area is 117 Å². The Morgan fingerprint density at radius 2 is 2.10 bits per heavy atom. The van der Waals surface area contributed by atoms with Gasteiger partial charge in [-0.1, -0.05) is 6.07 Å². The van der Waals surface area contributed by atoms with Gasteiger partial charge in [-0.15, -0.1) is 0 Å². The van der Waals surface area contributed by atoms with Gasteiger partial charge in [0.15, 0.2) is 0 Å². The summed E-state index contributed by atoms with van der Waals surface area (Å²) in [4.78, 5) is 4.04. The summed E-state index contributed by atoms with van der Waals surface area (Å²) in [5.74, 6) is 0.254. The van der Waals surface area contributed by atoms with Crippen LogP contribution < -0.4 is 4.72 Å². The second-order valence-corrected chi connectivity index (χ2v) is 6.45. The monoisotopic (exact) mass is 297 g/mol. The van der Waals surface area contributed by atoms with E-state index in [2.05, 4.69) is 9.71 Å². The molecule has 0 saturated heterocycles. The molecule has 1 N–H and O–H groups in total. The molecule has 20 heavy (non-hydrogen) atoms. The predicted molar refractivity (Wildman–Crippen MR) is 74.7 cm³/mol. The summed E-state index contributed by atoms with van der Waals surface area (Å²) in [5, 5.41) is 0. The number of hydrogen-bond acceptors (Lipinski definition) is 3. The van der Waals surface area contributed by atoms with E-state index in [4.69, 9.17) is 0 Å². The van der Waals surface area contributed by atoms with Crippen LogP contribution in [-0.2, 0) is 10.0 Å². The van der Waals surface area contributed by atoms with E-state index in [-0.39, 0.29) is 0 Å². The summed E-state index contributed by atoms with van der Waals surface area (Å²) in [6.45, 7) is 3.44. The highest BCUT2D eigenvalue weighted by molar-refractivity contribution is 7.88. The zero-order valence-corrected chi connectivity index (χ0v) is 12.3. The highest BCUT2D eigenvalue weighted by Gasteiger charge is 2.14. The topological polar surface area (TPSA) is 64.0 Å². The van der Waals surface area contributed by atoms with Gasteiger partial charge in [-0.2, -0.15) is 0 Å². The molecule has 0 aliphatic rings. The van der Waals surface area contributed by atoms with Gasteiger partial charge >= 0.3 is 0 Å². The van der Waals surface area contributed by atoms with E-state index < -0.39 is 21.9 Å². The molecule has 7 heteroatoms. The van der Waals surface area contributed by atoms with Gasteiger partial charge in [0.1, 0.15) is 11.6 Å². The number of benzene rings is 1. The average molecular weight is 297 g/mol. The van der Waals surface area contributed by atoms with Crippen molar-refractivity contribution in [3.05, 3.63) is 47.8 Å². The summed E-state index contributed by atoms with van der Waals surface area (Å²) < 4.78 is 40.6. The molecule has 0 radical (unpaired) electrons. The number of rotatable bonds is 4. The largest absolute Gasteiger partial charge is 0.301 e. The van der Waals surface area contributed by atoms with E-state index in [1.807, 2.05) is 0 Å². The van der Waals surface area contributed by atoms with E-state index in [1.165, 1.54) is 6.07 Å². The summed E-state index contributed by atoms with van der Waals surface area (Å²) >= 11 is 0. The molecule has 0 fully saturated rings. The van der Waals surface area contributed by atoms with Crippen LogP contribution in [0.1, 0.15) is 24.4 Å². The van der Waals surface area contributed by atoms with Gasteiger partial charge in [-0.3, -0.25) is 0 Å². The van der Waals surface area contributed by atoms with Crippen LogP contribution in [0.15, 0.2) is 30.6 Å². The van der Waals surface area contributed by atoms with Crippen LogP contribution >= 0.6 is 0 Å². The number of aromatic nitrogens is 2. The van der Waals surface area contributed by atoms with Gasteiger partial charge in [0.05, 0.1) is 11.9 Å². The zero-order chi connectivity index (χ0) is 14.9. The Morgan fingerprint density at radius 3 is 2.60 bits per heavy atom. The molecular weight excluding hydrogens is 281 g/mol. The molecule has 0 bridgehead atoms. The second-order valence-electron chi connectivity index (χ2n) is 4.67. The van der Waals surface area contributed by atoms with E-state index in [9.17, 15) is 12.8 Å². The average Bonchev–Trinajstić information content (AvgIpc) is 2.73. The maximum absolute atomic E-state index is 14.2. The molecule has 1 atom stereocenters. The smallest absolute Gasteiger partial charge is 0.209 e. The number of nitrogens with one attached hydrogen (secondary N) is 1. The first-order valence-electron chi connectivity index (χ1n) is 6.05. The number of halogens is 1. The highest BCUT2D eigenvalue weighted by Crippen LogP contribution is 2.20. The Kier molecular flexibility index (Phi) is 3.92. The van der Waals surface area contributed by atoms with Gasteiger partial charge in [-0.25, -0.2) is 22.5 Å². The maximum atomic E-state index is 14.2. The van der Waals surface area contributed by atoms with E-state index >= 15 is 0 Å². The lowest BCUT2D eigenvalue weighted by atomic mass is 10.1. The van der Waals surface area contributed by atoms with Crippen LogP contribution in [0, 0.1) is 12.7 Å². The molecule has 1 aromatic carbocycles. The zero-order valence-electron chi connectivity index (χ0n) is 11.5. The first-order valence-corrected chi connectivity index (χ1v) is 7.94. The van der Waals surface area contributed by atoms with Crippen molar-refractivity contribution in [1.29, 1.82) is 0 Å². The van der Waals surface area contributed by atoms with Crippen LogP contribution in [-0.4, -0.2) is 24.2 Å². The lowest BCUT2D eigenvalue weighted by Crippen LogP contribution is -2.25. The van der Waals surface area contributed by atoms with Crippen LogP contribution in [0.25, 0.3) is 5.69 Å². The van der Waals surface area contributed by atoms with Crippen molar-refractivity contribution >= 4 is 10.0 Å². The fourth-order valence-corrected chi connectivity index (χ4v) is 2.79. The van der Waals surface area contributed by atoms with Gasteiger partial charge in [0.25, 0.3) is 0 Å². The van der Waals surface area contributed by atoms with Gasteiger partial charge in [0.2, 0.25) is 10.0 Å². The fraction of sp³-hybridized carbons (Fsp3) is 0.308. The molecule has 0 spiro atoms. The molecule has 0 aliphatic carbocycles. The number of hydrogen-bond donors (Lipinski definition) is 1. The molecule has 2 rings (SSSR count). The van der Waals surface area contributed by atoms with Crippen molar-refractivity contribution in [1.82, 2.24) is 14.3 Å². The number of sulfonamides is 1. The van der Waals surface area contributed by atoms with Gasteiger partial charge in [0, 0.05) is 18.4 Å². The normalized spacial score (nSPS) is 13.4. The minimum absolute atomic E-state index is 0.385. The van der Waals surface area contributed by atoms with Crippen LogP contribution in [0.5, 0.6) is 0 Å². The molecule has 0 amide bonds. The van der Waals surface area contributed by atoms with E-state index in [0.29, 0.717) is 17.1 Å². The SMILES string of the molecule is Cc1nccn1-c1ccc([C@@H](C)NS(C)(=O)=O)cc1F. The minimum Gasteiger partial charge on any atom is -0.301 e. The highest BCUT2D eigenvalue weighted by atomic mass is 32.2. The van der Waals surface area contributed by atoms with E-state index in [1.54, 1.807) is 42.9 Å². The quantitative estimate of drug-likeness (QED) is 0.938. The Morgan fingerprint density at radius 1 is 1.40 bits per heavy atom. The maximum Gasteiger partial charge on any atom is 0.209 e. The lowest BCUT2D eigenvalue weighted by Gasteiger charge is -2.14. The molecule has 1 aromatic heterocycles. The van der Waals surface area contributed by atoms with Crippen molar-refractivity contribution in [3.8, 4) is 5.69 Å². The second kappa shape index (κ2) is 5.34. The molecular formula is C13H16FN3O2S. The Balaban J connectivity index is 2.33. The summed E-state index contributed by atoms with van der Waals surface area (Å²) in [6, 6.07) is 4.15. The first kappa shape index (κ1) is 14.7. The fourth-order valence-electron chi connectivity index (χ4n) is 2.01. The third-order valence-corrected chi connectivity index (χ3v) is 3.73. The van der Waals surface area contributed by atoms with Crippen LogP contribution in [0.4, 0.5) is 4.39 Å². The predicted octanol–water partition coefficient (Wildman–Crippen LogP) is 1.93. The third-order valence-electron chi connectivity index (χ3n) is 2.95. The van der Waals surface area contributed by atoms with E-state index in [0.717, 1.165) is 6.26 Å². The summed E-state index contributed by atoms with van der Waals surface area (Å²) in [5.41, 5.74) is 0.949. The summed E-state index contributed by atoms with van der Waals surface area (Å²) in [6.07, 6.45) is 4.34. The van der Waals surface area contributed by atoms with Crippen molar-refractivity contribution in [3.63, 3.8) is 0 Å². The molecule has 108 valence electrons. The standard InChI is InChI=1S/C13H16FN3O2S/c1-9(16-20(3,18)19)11-4-5-13(12(14)8-11)17-7-6-15-10(17)2/h4-9,16H,1-3H3/t9-/m1/s1. The molecule has 1 heterocycles. The first-order chi connectivity index (χ1) is 9.28. The number of nitrogens with zero attached hydrogens (tertiary/aromatic N) is 2. The van der Waals surface area contributed by atoms with Gasteiger partial charge < -0.3 is 4.57 Å². The Hall–Kier alpha value is -1.73. The third kappa shape index (κ3) is 3.23. The molecule has 0 unspecified atom stereocenters. The van der Waals surface area contributed by atoms with Crippen molar-refractivity contribution in [2.24, 2.45) is 0 Å². The summed E-state index contributed by atoms with van der Waals surface area (Å²) in [7, 11) is -3.33. The number of imidazole rings is 1. The van der Waals surface area contributed by atoms with Crippen molar-refractivity contribution in [2.75, 3.05) is 6.26 Å². The van der Waals surface area contributed by atoms with Gasteiger partial charge in [-0.05, 0) is 31.5 Å². The number of aryl methyl sites for hydroxylation is 1. The van der Waals surface area contributed by atoms with Crippen LogP contribution in [0.2, 0.25) is 0 Å². The molecule has 0 aliphatic heterocycles. The Bertz CT molecular complexity index is 725. The molecule has 5 nitrogen and oxygen atoms in total. The van der Waals surface area contributed by atoms with Crippen molar-refractivity contribution in [2.45, 2.75) is 19.9 Å². The van der Waals surface area contributed by atoms with Crippen LogP contribution in [0.3, 0.4) is 0 Å². The lowest BCUT2D eigenvalue weighted by molar-refractivity contribution is 0.570. The van der Waals surface area contributed by atoms with Crippen molar-refractivity contribution < 1.29 is 12.8 Å². The minimum atomic E-state index is -3.33. The molecule has 0 saturated carbocycles. The molecule has 2 aromatic rings.